The predicted octanol–water partition coefficient (Wildman–Crippen LogP) is 1.42. The van der Waals surface area contributed by atoms with Crippen molar-refractivity contribution in [2.24, 2.45) is 11.7 Å². The van der Waals surface area contributed by atoms with Crippen molar-refractivity contribution in [2.45, 2.75) is 38.1 Å². The molecule has 1 fully saturated rings. The van der Waals surface area contributed by atoms with E-state index in [2.05, 4.69) is 12.2 Å². The monoisotopic (exact) mass is 237 g/mol. The Morgan fingerprint density at radius 1 is 1.50 bits per heavy atom. The fourth-order valence-corrected chi connectivity index (χ4v) is 4.14. The van der Waals surface area contributed by atoms with E-state index in [9.17, 15) is 0 Å². The summed E-state index contributed by atoms with van der Waals surface area (Å²) in [7, 11) is 0. The van der Waals surface area contributed by atoms with Gasteiger partial charge in [0.1, 0.15) is 5.01 Å². The van der Waals surface area contributed by atoms with Gasteiger partial charge in [0, 0.05) is 4.88 Å². The average molecular weight is 237 g/mol. The molecule has 2 atom stereocenters. The van der Waals surface area contributed by atoms with Gasteiger partial charge in [0.15, 0.2) is 0 Å². The van der Waals surface area contributed by atoms with Gasteiger partial charge in [0.2, 0.25) is 0 Å². The van der Waals surface area contributed by atoms with Crippen LogP contribution in [-0.4, -0.2) is 18.1 Å². The maximum absolute atomic E-state index is 6.59. The fraction of sp³-hybridized carbons (Fsp3) is 0.750. The largest absolute Gasteiger partial charge is 0.319 e. The number of thiazole rings is 1. The molecule has 1 aromatic heterocycles. The first-order chi connectivity index (χ1) is 7.70. The van der Waals surface area contributed by atoms with Crippen LogP contribution in [0.5, 0.6) is 0 Å². The molecule has 88 valence electrons. The molecule has 1 aliphatic heterocycles. The van der Waals surface area contributed by atoms with Gasteiger partial charge in [-0.05, 0) is 44.7 Å². The number of hydrogen-bond acceptors (Lipinski definition) is 4. The van der Waals surface area contributed by atoms with Crippen LogP contribution in [0.15, 0.2) is 0 Å². The third-order valence-electron chi connectivity index (χ3n) is 4.04. The summed E-state index contributed by atoms with van der Waals surface area (Å²) in [5, 5.41) is 4.59. The predicted molar refractivity (Wildman–Crippen MR) is 66.7 cm³/mol. The lowest BCUT2D eigenvalue weighted by Crippen LogP contribution is -2.52. The number of fused-ring (bicyclic) bond motifs is 1. The number of aryl methyl sites for hydroxylation is 2. The van der Waals surface area contributed by atoms with Crippen molar-refractivity contribution in [3.8, 4) is 0 Å². The molecule has 16 heavy (non-hydrogen) atoms. The highest BCUT2D eigenvalue weighted by atomic mass is 32.1. The minimum atomic E-state index is -0.180. The minimum Gasteiger partial charge on any atom is -0.319 e. The summed E-state index contributed by atoms with van der Waals surface area (Å²) in [5.74, 6) is 0.479. The van der Waals surface area contributed by atoms with E-state index in [1.807, 2.05) is 11.3 Å². The van der Waals surface area contributed by atoms with E-state index in [-0.39, 0.29) is 5.54 Å². The number of nitrogens with one attached hydrogen (secondary N) is 1. The molecule has 1 aliphatic carbocycles. The van der Waals surface area contributed by atoms with Gasteiger partial charge in [0.25, 0.3) is 0 Å². The second kappa shape index (κ2) is 3.79. The van der Waals surface area contributed by atoms with Crippen molar-refractivity contribution >= 4 is 11.3 Å². The highest BCUT2D eigenvalue weighted by molar-refractivity contribution is 7.12. The number of piperidine rings is 1. The van der Waals surface area contributed by atoms with Gasteiger partial charge >= 0.3 is 0 Å². The Labute approximate surface area is 100 Å². The Hall–Kier alpha value is -0.450. The van der Waals surface area contributed by atoms with E-state index in [0.29, 0.717) is 5.92 Å². The lowest BCUT2D eigenvalue weighted by Gasteiger charge is -2.38. The molecular formula is C12H19N3S. The SMILES string of the molecule is CC1CNCCC1(N)c1nc2c(s1)CCC2. The molecule has 3 N–H and O–H groups in total. The van der Waals surface area contributed by atoms with E-state index >= 15 is 0 Å². The first kappa shape index (κ1) is 10.7. The van der Waals surface area contributed by atoms with Crippen LogP contribution in [0, 0.1) is 5.92 Å². The van der Waals surface area contributed by atoms with Crippen molar-refractivity contribution in [1.82, 2.24) is 10.3 Å². The Bertz CT molecular complexity index is 379. The number of rotatable bonds is 1. The molecule has 1 saturated heterocycles. The van der Waals surface area contributed by atoms with Gasteiger partial charge < -0.3 is 11.1 Å². The van der Waals surface area contributed by atoms with Crippen molar-refractivity contribution < 1.29 is 0 Å². The second-order valence-corrected chi connectivity index (χ2v) is 6.22. The maximum Gasteiger partial charge on any atom is 0.113 e. The molecule has 0 saturated carbocycles. The lowest BCUT2D eigenvalue weighted by molar-refractivity contribution is 0.222. The van der Waals surface area contributed by atoms with Gasteiger partial charge in [-0.25, -0.2) is 4.98 Å². The van der Waals surface area contributed by atoms with Crippen LogP contribution in [0.2, 0.25) is 0 Å². The summed E-state index contributed by atoms with van der Waals surface area (Å²) < 4.78 is 0. The molecular weight excluding hydrogens is 218 g/mol. The molecule has 0 bridgehead atoms. The van der Waals surface area contributed by atoms with E-state index in [1.54, 1.807) is 0 Å². The molecule has 1 aromatic rings. The van der Waals surface area contributed by atoms with Crippen molar-refractivity contribution in [1.29, 1.82) is 0 Å². The first-order valence-corrected chi connectivity index (χ1v) is 7.00. The lowest BCUT2D eigenvalue weighted by atomic mass is 9.81. The summed E-state index contributed by atoms with van der Waals surface area (Å²) >= 11 is 1.87. The molecule has 2 heterocycles. The quantitative estimate of drug-likeness (QED) is 0.776. The third kappa shape index (κ3) is 1.51. The Morgan fingerprint density at radius 3 is 3.12 bits per heavy atom. The zero-order valence-corrected chi connectivity index (χ0v) is 10.6. The zero-order valence-electron chi connectivity index (χ0n) is 9.75. The first-order valence-electron chi connectivity index (χ1n) is 6.19. The number of hydrogen-bond donors (Lipinski definition) is 2. The standard InChI is InChI=1S/C12H19N3S/c1-8-7-14-6-5-12(8,13)11-15-9-3-2-4-10(9)16-11/h8,14H,2-7,13H2,1H3. The van der Waals surface area contributed by atoms with Gasteiger partial charge in [0.05, 0.1) is 11.2 Å². The fourth-order valence-electron chi connectivity index (χ4n) is 2.75. The van der Waals surface area contributed by atoms with Crippen LogP contribution in [0.4, 0.5) is 0 Å². The van der Waals surface area contributed by atoms with E-state index in [4.69, 9.17) is 10.7 Å². The van der Waals surface area contributed by atoms with E-state index in [0.717, 1.165) is 25.9 Å². The molecule has 0 aromatic carbocycles. The van der Waals surface area contributed by atoms with Crippen LogP contribution in [0.1, 0.15) is 35.3 Å². The number of nitrogens with two attached hydrogens (primary N) is 1. The second-order valence-electron chi connectivity index (χ2n) is 5.14. The Morgan fingerprint density at radius 2 is 2.38 bits per heavy atom. The van der Waals surface area contributed by atoms with E-state index < -0.39 is 0 Å². The molecule has 3 rings (SSSR count). The molecule has 3 nitrogen and oxygen atoms in total. The minimum absolute atomic E-state index is 0.180. The Balaban J connectivity index is 1.94. The molecule has 0 radical (unpaired) electrons. The van der Waals surface area contributed by atoms with E-state index in [1.165, 1.54) is 28.4 Å². The highest BCUT2D eigenvalue weighted by Gasteiger charge is 2.39. The van der Waals surface area contributed by atoms with Crippen LogP contribution in [0.25, 0.3) is 0 Å². The van der Waals surface area contributed by atoms with Crippen molar-refractivity contribution in [3.05, 3.63) is 15.6 Å². The molecule has 2 unspecified atom stereocenters. The van der Waals surface area contributed by atoms with Crippen molar-refractivity contribution in [3.63, 3.8) is 0 Å². The van der Waals surface area contributed by atoms with Crippen LogP contribution < -0.4 is 11.1 Å². The van der Waals surface area contributed by atoms with Crippen LogP contribution in [-0.2, 0) is 18.4 Å². The zero-order chi connectivity index (χ0) is 11.2. The smallest absolute Gasteiger partial charge is 0.113 e. The normalized spacial score (nSPS) is 34.0. The Kier molecular flexibility index (Phi) is 2.53. The van der Waals surface area contributed by atoms with Gasteiger partial charge in [-0.1, -0.05) is 6.92 Å². The van der Waals surface area contributed by atoms with Crippen LogP contribution in [0.3, 0.4) is 0 Å². The van der Waals surface area contributed by atoms with Crippen LogP contribution >= 0.6 is 11.3 Å². The van der Waals surface area contributed by atoms with Crippen molar-refractivity contribution in [2.75, 3.05) is 13.1 Å². The maximum atomic E-state index is 6.59. The molecule has 2 aliphatic rings. The summed E-state index contributed by atoms with van der Waals surface area (Å²) in [6, 6.07) is 0. The highest BCUT2D eigenvalue weighted by Crippen LogP contribution is 2.38. The van der Waals surface area contributed by atoms with Gasteiger partial charge in [-0.2, -0.15) is 0 Å². The average Bonchev–Trinajstić information content (AvgIpc) is 2.82. The number of nitrogens with zero attached hydrogens (tertiary/aromatic N) is 1. The molecule has 0 amide bonds. The molecule has 0 spiro atoms. The summed E-state index contributed by atoms with van der Waals surface area (Å²) in [6.45, 7) is 4.27. The van der Waals surface area contributed by atoms with Gasteiger partial charge in [-0.3, -0.25) is 0 Å². The summed E-state index contributed by atoms with van der Waals surface area (Å²) in [4.78, 5) is 6.29. The third-order valence-corrected chi connectivity index (χ3v) is 5.39. The summed E-state index contributed by atoms with van der Waals surface area (Å²) in [5.41, 5.74) is 7.74. The number of aromatic nitrogens is 1. The molecule has 4 heteroatoms. The summed E-state index contributed by atoms with van der Waals surface area (Å²) in [6.07, 6.45) is 4.67. The topological polar surface area (TPSA) is 50.9 Å². The van der Waals surface area contributed by atoms with Gasteiger partial charge in [-0.15, -0.1) is 11.3 Å².